The van der Waals surface area contributed by atoms with Crippen LogP contribution in [0.2, 0.25) is 5.02 Å². The van der Waals surface area contributed by atoms with E-state index < -0.39 is 5.82 Å². The first kappa shape index (κ1) is 27.3. The maximum Gasteiger partial charge on any atom is 0.161 e. The van der Waals surface area contributed by atoms with Crippen molar-refractivity contribution in [3.8, 4) is 17.2 Å². The molecule has 1 aliphatic rings. The molecule has 204 valence electrons. The molecule has 0 saturated carbocycles. The van der Waals surface area contributed by atoms with Crippen molar-refractivity contribution in [2.45, 2.75) is 29.5 Å². The Hall–Kier alpha value is -3.27. The number of hydrogen-bond acceptors (Lipinski definition) is 8. The molecule has 0 bridgehead atoms. The highest BCUT2D eigenvalue weighted by Gasteiger charge is 2.22. The number of aromatic nitrogens is 2. The van der Waals surface area contributed by atoms with Gasteiger partial charge in [0.25, 0.3) is 0 Å². The molecule has 39 heavy (non-hydrogen) atoms. The van der Waals surface area contributed by atoms with E-state index in [2.05, 4.69) is 16.4 Å². The van der Waals surface area contributed by atoms with Crippen molar-refractivity contribution in [2.24, 2.45) is 0 Å². The number of fused-ring (bicyclic) bond motifs is 1. The van der Waals surface area contributed by atoms with Gasteiger partial charge in [-0.15, -0.1) is 11.8 Å². The molecule has 10 heteroatoms. The summed E-state index contributed by atoms with van der Waals surface area (Å²) in [5.41, 5.74) is 2.38. The summed E-state index contributed by atoms with van der Waals surface area (Å²) in [5.74, 6) is 2.21. The van der Waals surface area contributed by atoms with Crippen molar-refractivity contribution in [2.75, 3.05) is 39.3 Å². The molecule has 1 unspecified atom stereocenters. The lowest BCUT2D eigenvalue weighted by atomic mass is 10.1. The lowest BCUT2D eigenvalue weighted by Gasteiger charge is -2.27. The monoisotopic (exact) mass is 568 g/mol. The minimum Gasteiger partial charge on any atom is -0.496 e. The van der Waals surface area contributed by atoms with Gasteiger partial charge in [0, 0.05) is 35.5 Å². The number of thioether (sulfide) groups is 1. The van der Waals surface area contributed by atoms with Crippen molar-refractivity contribution in [1.82, 2.24) is 15.3 Å². The number of nitrogens with one attached hydrogen (secondary N) is 1. The van der Waals surface area contributed by atoms with E-state index in [4.69, 9.17) is 30.8 Å². The molecule has 3 aromatic carbocycles. The maximum absolute atomic E-state index is 14.2. The number of anilines is 2. The molecule has 0 spiro atoms. The highest BCUT2D eigenvalue weighted by molar-refractivity contribution is 8.00. The Morgan fingerprint density at radius 3 is 2.54 bits per heavy atom. The molecule has 1 aliphatic heterocycles. The van der Waals surface area contributed by atoms with E-state index in [0.717, 1.165) is 53.0 Å². The second kappa shape index (κ2) is 12.3. The molecule has 2 heterocycles. The molecular formula is C29H30ClFN4O3S. The zero-order valence-electron chi connectivity index (χ0n) is 22.0. The molecule has 0 radical (unpaired) electrons. The van der Waals surface area contributed by atoms with E-state index in [1.165, 1.54) is 12.4 Å². The summed E-state index contributed by atoms with van der Waals surface area (Å²) in [6.45, 7) is 2.41. The Bertz CT molecular complexity index is 1470. The average molecular weight is 569 g/mol. The van der Waals surface area contributed by atoms with E-state index in [9.17, 15) is 4.39 Å². The van der Waals surface area contributed by atoms with Gasteiger partial charge in [-0.3, -0.25) is 0 Å². The van der Waals surface area contributed by atoms with Crippen LogP contribution in [0.3, 0.4) is 0 Å². The Labute approximate surface area is 236 Å². The smallest absolute Gasteiger partial charge is 0.161 e. The van der Waals surface area contributed by atoms with Crippen LogP contribution in [-0.2, 0) is 6.54 Å². The van der Waals surface area contributed by atoms with Gasteiger partial charge >= 0.3 is 0 Å². The first-order valence-corrected chi connectivity index (χ1v) is 13.9. The lowest BCUT2D eigenvalue weighted by molar-refractivity contribution is 0.354. The zero-order valence-corrected chi connectivity index (χ0v) is 23.6. The summed E-state index contributed by atoms with van der Waals surface area (Å²) in [4.78, 5) is 12.3. The Morgan fingerprint density at radius 1 is 1.00 bits per heavy atom. The van der Waals surface area contributed by atoms with Crippen molar-refractivity contribution in [1.29, 1.82) is 0 Å². The summed E-state index contributed by atoms with van der Waals surface area (Å²) in [6.07, 6.45) is 3.81. The summed E-state index contributed by atoms with van der Waals surface area (Å²) < 4.78 is 30.8. The van der Waals surface area contributed by atoms with Gasteiger partial charge < -0.3 is 24.4 Å². The zero-order chi connectivity index (χ0) is 27.4. The molecule has 0 amide bonds. The number of hydrogen-bond donors (Lipinski definition) is 1. The molecule has 1 atom stereocenters. The number of ether oxygens (including phenoxy) is 3. The number of nitrogens with zero attached hydrogens (tertiary/aromatic N) is 3. The van der Waals surface area contributed by atoms with Gasteiger partial charge in [0.2, 0.25) is 0 Å². The van der Waals surface area contributed by atoms with Gasteiger partial charge in [0.05, 0.1) is 36.8 Å². The highest BCUT2D eigenvalue weighted by atomic mass is 35.5. The number of halogens is 2. The first-order chi connectivity index (χ1) is 19.0. The van der Waals surface area contributed by atoms with Crippen LogP contribution in [0.4, 0.5) is 15.9 Å². The van der Waals surface area contributed by atoms with Gasteiger partial charge in [-0.1, -0.05) is 17.7 Å². The fourth-order valence-electron chi connectivity index (χ4n) is 4.72. The van der Waals surface area contributed by atoms with E-state index in [0.29, 0.717) is 34.8 Å². The average Bonchev–Trinajstić information content (AvgIpc) is 2.97. The van der Waals surface area contributed by atoms with E-state index >= 15 is 0 Å². The Morgan fingerprint density at radius 2 is 1.82 bits per heavy atom. The van der Waals surface area contributed by atoms with Gasteiger partial charge in [-0.05, 0) is 61.3 Å². The molecule has 1 aromatic heterocycles. The number of methoxy groups -OCH3 is 3. The van der Waals surface area contributed by atoms with Crippen LogP contribution in [0, 0.1) is 5.82 Å². The summed E-state index contributed by atoms with van der Waals surface area (Å²) in [7, 11) is 4.88. The van der Waals surface area contributed by atoms with Crippen LogP contribution >= 0.6 is 23.4 Å². The normalized spacial score (nSPS) is 15.3. The van der Waals surface area contributed by atoms with Crippen LogP contribution < -0.4 is 24.4 Å². The van der Waals surface area contributed by atoms with Crippen LogP contribution in [0.25, 0.3) is 10.9 Å². The third kappa shape index (κ3) is 6.00. The first-order valence-electron chi connectivity index (χ1n) is 12.6. The fraction of sp³-hybridized carbons (Fsp3) is 0.310. The SMILES string of the molecule is COc1ccc(CN(c2ccc(F)c(Cl)c2)c2ncnc3cc(OC)c(SC4CCCNC4)cc23)cc1OC. The van der Waals surface area contributed by atoms with Crippen LogP contribution in [0.15, 0.2) is 59.8 Å². The minimum atomic E-state index is -0.483. The third-order valence-electron chi connectivity index (χ3n) is 6.70. The summed E-state index contributed by atoms with van der Waals surface area (Å²) in [6, 6.07) is 14.5. The van der Waals surface area contributed by atoms with Crippen LogP contribution in [0.1, 0.15) is 18.4 Å². The van der Waals surface area contributed by atoms with E-state index in [1.807, 2.05) is 29.2 Å². The van der Waals surface area contributed by atoms with Gasteiger partial charge in [-0.25, -0.2) is 14.4 Å². The molecule has 4 aromatic rings. The molecule has 1 saturated heterocycles. The van der Waals surface area contributed by atoms with Crippen molar-refractivity contribution >= 4 is 45.8 Å². The quantitative estimate of drug-likeness (QED) is 0.241. The van der Waals surface area contributed by atoms with Crippen LogP contribution in [0.5, 0.6) is 17.2 Å². The van der Waals surface area contributed by atoms with Crippen molar-refractivity contribution in [3.05, 3.63) is 71.3 Å². The minimum absolute atomic E-state index is 0.0332. The molecule has 1 fully saturated rings. The Balaban J connectivity index is 1.63. The molecule has 5 rings (SSSR count). The second-order valence-electron chi connectivity index (χ2n) is 9.18. The van der Waals surface area contributed by atoms with Gasteiger partial charge in [-0.2, -0.15) is 0 Å². The summed E-state index contributed by atoms with van der Waals surface area (Å²) in [5, 5.41) is 4.81. The van der Waals surface area contributed by atoms with Crippen molar-refractivity contribution < 1.29 is 18.6 Å². The second-order valence-corrected chi connectivity index (χ2v) is 10.9. The molecule has 1 N–H and O–H groups in total. The Kier molecular flexibility index (Phi) is 8.60. The summed E-state index contributed by atoms with van der Waals surface area (Å²) >= 11 is 8.03. The highest BCUT2D eigenvalue weighted by Crippen LogP contribution is 2.41. The number of piperidine rings is 1. The predicted molar refractivity (Wildman–Crippen MR) is 155 cm³/mol. The van der Waals surface area contributed by atoms with Crippen LogP contribution in [-0.4, -0.2) is 49.6 Å². The number of rotatable bonds is 9. The van der Waals surface area contributed by atoms with Crippen molar-refractivity contribution in [3.63, 3.8) is 0 Å². The van der Waals surface area contributed by atoms with Gasteiger partial charge in [0.15, 0.2) is 11.5 Å². The van der Waals surface area contributed by atoms with Gasteiger partial charge in [0.1, 0.15) is 23.7 Å². The molecule has 7 nitrogen and oxygen atoms in total. The molecular weight excluding hydrogens is 539 g/mol. The topological polar surface area (TPSA) is 68.7 Å². The standard InChI is InChI=1S/C29H30ClFN4O3S/c1-36-25-9-6-18(11-26(25)37-2)16-35(19-7-8-23(31)22(30)12-19)29-21-13-28(39-20-5-4-10-32-15-20)27(38-3)14-24(21)33-17-34-29/h6-9,11-14,17,20,32H,4-5,10,15-16H2,1-3H3. The third-order valence-corrected chi connectivity index (χ3v) is 8.30. The predicted octanol–water partition coefficient (Wildman–Crippen LogP) is 6.63. The molecule has 0 aliphatic carbocycles. The van der Waals surface area contributed by atoms with E-state index in [1.54, 1.807) is 45.2 Å². The largest absolute Gasteiger partial charge is 0.496 e. The fourth-order valence-corrected chi connectivity index (χ4v) is 6.18. The maximum atomic E-state index is 14.2. The lowest BCUT2D eigenvalue weighted by Crippen LogP contribution is -2.31. The number of benzene rings is 3. The van der Waals surface area contributed by atoms with E-state index in [-0.39, 0.29) is 5.02 Å².